The van der Waals surface area contributed by atoms with Crippen molar-refractivity contribution in [1.29, 1.82) is 5.26 Å². The molecule has 0 aliphatic heterocycles. The molecule has 0 atom stereocenters. The summed E-state index contributed by atoms with van der Waals surface area (Å²) < 4.78 is 39.6. The standard InChI is InChI=1S/C9H5F3N2O3/c10-9(11,12)17-7-4-14-3-5(2-13)6(7)1-8(15)16/h3-4H,1H2,(H,15,16). The van der Waals surface area contributed by atoms with Crippen LogP contribution in [0.4, 0.5) is 13.2 Å². The van der Waals surface area contributed by atoms with Gasteiger partial charge in [-0.3, -0.25) is 9.78 Å². The zero-order valence-electron chi connectivity index (χ0n) is 8.15. The van der Waals surface area contributed by atoms with Crippen LogP contribution in [0.2, 0.25) is 0 Å². The van der Waals surface area contributed by atoms with Crippen LogP contribution < -0.4 is 4.74 Å². The van der Waals surface area contributed by atoms with Crippen LogP contribution in [0.5, 0.6) is 5.75 Å². The number of halogens is 3. The number of ether oxygens (including phenoxy) is 1. The van der Waals surface area contributed by atoms with Gasteiger partial charge in [0, 0.05) is 11.8 Å². The summed E-state index contributed by atoms with van der Waals surface area (Å²) in [4.78, 5) is 13.9. The molecule has 0 radical (unpaired) electrons. The highest BCUT2D eigenvalue weighted by atomic mass is 19.4. The van der Waals surface area contributed by atoms with E-state index in [0.717, 1.165) is 6.20 Å². The van der Waals surface area contributed by atoms with Gasteiger partial charge in [-0.05, 0) is 0 Å². The quantitative estimate of drug-likeness (QED) is 0.873. The number of hydrogen-bond donors (Lipinski definition) is 1. The van der Waals surface area contributed by atoms with E-state index in [-0.39, 0.29) is 11.1 Å². The molecule has 1 heterocycles. The van der Waals surface area contributed by atoms with Crippen molar-refractivity contribution < 1.29 is 27.8 Å². The molecular formula is C9H5F3N2O3. The first-order valence-electron chi connectivity index (χ1n) is 4.18. The Balaban J connectivity index is 3.20. The number of carbonyl (C=O) groups is 1. The summed E-state index contributed by atoms with van der Waals surface area (Å²) in [6, 6.07) is 1.55. The molecule has 5 nitrogen and oxygen atoms in total. The van der Waals surface area contributed by atoms with Crippen molar-refractivity contribution in [1.82, 2.24) is 4.98 Å². The number of pyridine rings is 1. The Bertz CT molecular complexity index is 479. The molecule has 17 heavy (non-hydrogen) atoms. The lowest BCUT2D eigenvalue weighted by Gasteiger charge is -2.12. The minimum atomic E-state index is -4.97. The summed E-state index contributed by atoms with van der Waals surface area (Å²) in [6.45, 7) is 0. The number of aliphatic carboxylic acids is 1. The van der Waals surface area contributed by atoms with Crippen molar-refractivity contribution in [3.8, 4) is 11.8 Å². The Labute approximate surface area is 93.1 Å². The highest BCUT2D eigenvalue weighted by molar-refractivity contribution is 5.72. The Hall–Kier alpha value is -2.30. The van der Waals surface area contributed by atoms with Gasteiger partial charge in [0.15, 0.2) is 5.75 Å². The lowest BCUT2D eigenvalue weighted by Crippen LogP contribution is -2.19. The molecule has 1 N–H and O–H groups in total. The summed E-state index contributed by atoms with van der Waals surface area (Å²) in [5.74, 6) is -2.15. The Morgan fingerprint density at radius 3 is 2.65 bits per heavy atom. The number of aromatic nitrogens is 1. The largest absolute Gasteiger partial charge is 0.573 e. The number of nitrogens with zero attached hydrogens (tertiary/aromatic N) is 2. The van der Waals surface area contributed by atoms with E-state index in [1.165, 1.54) is 0 Å². The summed E-state index contributed by atoms with van der Waals surface area (Å²) in [5, 5.41) is 17.2. The molecule has 1 aromatic heterocycles. The predicted molar refractivity (Wildman–Crippen MR) is 47.0 cm³/mol. The zero-order chi connectivity index (χ0) is 13.1. The van der Waals surface area contributed by atoms with Crippen molar-refractivity contribution in [3.63, 3.8) is 0 Å². The van der Waals surface area contributed by atoms with Crippen LogP contribution in [0, 0.1) is 11.3 Å². The van der Waals surface area contributed by atoms with E-state index >= 15 is 0 Å². The molecule has 0 amide bonds. The minimum absolute atomic E-state index is 0.269. The molecule has 8 heteroatoms. The molecule has 0 spiro atoms. The molecule has 90 valence electrons. The van der Waals surface area contributed by atoms with Crippen LogP contribution in [0.3, 0.4) is 0 Å². The van der Waals surface area contributed by atoms with Gasteiger partial charge in [0.05, 0.1) is 18.2 Å². The van der Waals surface area contributed by atoms with Gasteiger partial charge >= 0.3 is 12.3 Å². The van der Waals surface area contributed by atoms with Crippen molar-refractivity contribution in [2.24, 2.45) is 0 Å². The minimum Gasteiger partial charge on any atom is -0.481 e. The van der Waals surface area contributed by atoms with Crippen LogP contribution in [0.1, 0.15) is 11.1 Å². The first-order chi connectivity index (χ1) is 7.83. The monoisotopic (exact) mass is 246 g/mol. The molecular weight excluding hydrogens is 241 g/mol. The first-order valence-corrected chi connectivity index (χ1v) is 4.18. The molecule has 0 bridgehead atoms. The number of carboxylic acid groups (broad SMARTS) is 1. The van der Waals surface area contributed by atoms with E-state index in [1.54, 1.807) is 6.07 Å². The third-order valence-electron chi connectivity index (χ3n) is 1.69. The van der Waals surface area contributed by atoms with Crippen LogP contribution in [0.25, 0.3) is 0 Å². The highest BCUT2D eigenvalue weighted by Gasteiger charge is 2.33. The van der Waals surface area contributed by atoms with E-state index in [2.05, 4.69) is 9.72 Å². The van der Waals surface area contributed by atoms with E-state index in [4.69, 9.17) is 10.4 Å². The predicted octanol–water partition coefficient (Wildman–Crippen LogP) is 1.48. The second-order valence-corrected chi connectivity index (χ2v) is 2.89. The Morgan fingerprint density at radius 2 is 2.18 bits per heavy atom. The average molecular weight is 246 g/mol. The molecule has 0 fully saturated rings. The van der Waals surface area contributed by atoms with Crippen molar-refractivity contribution in [3.05, 3.63) is 23.5 Å². The zero-order valence-corrected chi connectivity index (χ0v) is 8.15. The topological polar surface area (TPSA) is 83.2 Å². The molecule has 0 unspecified atom stereocenters. The molecule has 0 aliphatic carbocycles. The van der Waals surface area contributed by atoms with Crippen LogP contribution in [0.15, 0.2) is 12.4 Å². The Kier molecular flexibility index (Phi) is 3.52. The number of hydrogen-bond acceptors (Lipinski definition) is 4. The number of carboxylic acids is 1. The number of rotatable bonds is 3. The van der Waals surface area contributed by atoms with Gasteiger partial charge in [0.1, 0.15) is 6.07 Å². The summed E-state index contributed by atoms with van der Waals surface area (Å²) >= 11 is 0. The van der Waals surface area contributed by atoms with Gasteiger partial charge < -0.3 is 9.84 Å². The highest BCUT2D eigenvalue weighted by Crippen LogP contribution is 2.27. The molecule has 0 saturated heterocycles. The van der Waals surface area contributed by atoms with Gasteiger partial charge in [0.2, 0.25) is 0 Å². The molecule has 0 saturated carbocycles. The van der Waals surface area contributed by atoms with E-state index in [1.807, 2.05) is 0 Å². The summed E-state index contributed by atoms with van der Waals surface area (Å²) in [7, 11) is 0. The van der Waals surface area contributed by atoms with Gasteiger partial charge in [-0.25, -0.2) is 0 Å². The van der Waals surface area contributed by atoms with Crippen molar-refractivity contribution in [2.45, 2.75) is 12.8 Å². The third kappa shape index (κ3) is 3.64. The molecule has 0 aliphatic rings. The van der Waals surface area contributed by atoms with Crippen LogP contribution >= 0.6 is 0 Å². The lowest BCUT2D eigenvalue weighted by atomic mass is 10.1. The van der Waals surface area contributed by atoms with Crippen LogP contribution in [-0.4, -0.2) is 22.4 Å². The van der Waals surface area contributed by atoms with E-state index in [0.29, 0.717) is 6.20 Å². The lowest BCUT2D eigenvalue weighted by molar-refractivity contribution is -0.275. The van der Waals surface area contributed by atoms with Gasteiger partial charge in [-0.2, -0.15) is 5.26 Å². The SMILES string of the molecule is N#Cc1cncc(OC(F)(F)F)c1CC(=O)O. The van der Waals surface area contributed by atoms with Gasteiger partial charge in [-0.1, -0.05) is 0 Å². The fourth-order valence-corrected chi connectivity index (χ4v) is 1.11. The molecule has 1 rings (SSSR count). The Morgan fingerprint density at radius 1 is 1.53 bits per heavy atom. The van der Waals surface area contributed by atoms with Gasteiger partial charge in [-0.15, -0.1) is 13.2 Å². The maximum absolute atomic E-state index is 12.0. The van der Waals surface area contributed by atoms with Crippen molar-refractivity contribution >= 4 is 5.97 Å². The molecule has 0 aromatic carbocycles. The fourth-order valence-electron chi connectivity index (χ4n) is 1.11. The number of nitriles is 1. The first kappa shape index (κ1) is 12.8. The second kappa shape index (κ2) is 4.69. The van der Waals surface area contributed by atoms with E-state index < -0.39 is 24.5 Å². The fraction of sp³-hybridized carbons (Fsp3) is 0.222. The second-order valence-electron chi connectivity index (χ2n) is 2.89. The number of alkyl halides is 3. The normalized spacial score (nSPS) is 10.7. The van der Waals surface area contributed by atoms with E-state index in [9.17, 15) is 18.0 Å². The maximum Gasteiger partial charge on any atom is 0.573 e. The summed E-state index contributed by atoms with van der Waals surface area (Å²) in [6.07, 6.45) is -4.03. The summed E-state index contributed by atoms with van der Waals surface area (Å²) in [5.41, 5.74) is -0.624. The van der Waals surface area contributed by atoms with Crippen LogP contribution in [-0.2, 0) is 11.2 Å². The smallest absolute Gasteiger partial charge is 0.481 e. The van der Waals surface area contributed by atoms with Gasteiger partial charge in [0.25, 0.3) is 0 Å². The third-order valence-corrected chi connectivity index (χ3v) is 1.69. The molecule has 1 aromatic rings. The maximum atomic E-state index is 12.0. The van der Waals surface area contributed by atoms with Crippen molar-refractivity contribution in [2.75, 3.05) is 0 Å². The average Bonchev–Trinajstić information content (AvgIpc) is 2.17.